The zero-order valence-electron chi connectivity index (χ0n) is 19.7. The minimum atomic E-state index is -0.401. The smallest absolute Gasteiger partial charge is 0.283 e. The lowest BCUT2D eigenvalue weighted by Gasteiger charge is -2.20. The third-order valence-electron chi connectivity index (χ3n) is 6.26. The second kappa shape index (κ2) is 10.5. The van der Waals surface area contributed by atoms with Gasteiger partial charge in [0.15, 0.2) is 5.84 Å². The van der Waals surface area contributed by atoms with Gasteiger partial charge in [0, 0.05) is 5.92 Å². The lowest BCUT2D eigenvalue weighted by atomic mass is 9.90. The molecule has 180 valence electrons. The molecule has 0 bridgehead atoms. The van der Waals surface area contributed by atoms with Crippen LogP contribution in [0.5, 0.6) is 11.5 Å². The highest BCUT2D eigenvalue weighted by Crippen LogP contribution is 2.36. The summed E-state index contributed by atoms with van der Waals surface area (Å²) < 4.78 is 11.4. The first-order chi connectivity index (χ1) is 17.1. The third kappa shape index (κ3) is 5.48. The summed E-state index contributed by atoms with van der Waals surface area (Å²) in [6.45, 7) is 2.90. The molecule has 2 aliphatic heterocycles. The van der Waals surface area contributed by atoms with Gasteiger partial charge in [-0.25, -0.2) is 0 Å². The molecule has 2 aromatic rings. The third-order valence-corrected chi connectivity index (χ3v) is 7.33. The number of nitrogens with zero attached hydrogens (tertiary/aromatic N) is 3. The van der Waals surface area contributed by atoms with Crippen molar-refractivity contribution in [2.24, 2.45) is 16.0 Å². The fraction of sp³-hybridized carbons (Fsp3) is 0.333. The number of carbonyl (C=O) groups is 1. The van der Waals surface area contributed by atoms with Gasteiger partial charge in [-0.05, 0) is 67.4 Å². The molecule has 0 spiro atoms. The van der Waals surface area contributed by atoms with Crippen LogP contribution in [0.1, 0.15) is 43.2 Å². The highest BCUT2D eigenvalue weighted by atomic mass is 32.2. The Balaban J connectivity index is 1.19. The van der Waals surface area contributed by atoms with Gasteiger partial charge >= 0.3 is 0 Å². The lowest BCUT2D eigenvalue weighted by molar-refractivity contribution is -0.114. The molecule has 1 N–H and O–H groups in total. The van der Waals surface area contributed by atoms with Crippen LogP contribution in [0.25, 0.3) is 6.08 Å². The fourth-order valence-electron chi connectivity index (χ4n) is 4.30. The predicted octanol–water partition coefficient (Wildman–Crippen LogP) is 5.65. The van der Waals surface area contributed by atoms with Gasteiger partial charge in [-0.3, -0.25) is 10.2 Å². The molecule has 2 heterocycles. The lowest BCUT2D eigenvalue weighted by Crippen LogP contribution is -2.35. The Morgan fingerprint density at radius 2 is 1.63 bits per heavy atom. The van der Waals surface area contributed by atoms with Gasteiger partial charge in [-0.15, -0.1) is 0 Å². The first-order valence-electron chi connectivity index (χ1n) is 12.0. The van der Waals surface area contributed by atoms with Crippen LogP contribution in [0.3, 0.4) is 0 Å². The van der Waals surface area contributed by atoms with Crippen molar-refractivity contribution < 1.29 is 14.3 Å². The number of aryl methyl sites for hydroxylation is 1. The van der Waals surface area contributed by atoms with E-state index in [2.05, 4.69) is 10.1 Å². The number of ether oxygens (including phenoxy) is 2. The summed E-state index contributed by atoms with van der Waals surface area (Å²) in [5, 5.41) is 16.2. The number of thioether (sulfide) groups is 1. The molecule has 35 heavy (non-hydrogen) atoms. The Kier molecular flexibility index (Phi) is 6.99. The molecule has 0 atom stereocenters. The monoisotopic (exact) mass is 488 g/mol. The van der Waals surface area contributed by atoms with Gasteiger partial charge in [0.05, 0.1) is 5.57 Å². The van der Waals surface area contributed by atoms with Crippen LogP contribution in [-0.2, 0) is 4.79 Å². The highest BCUT2D eigenvalue weighted by Gasteiger charge is 2.37. The van der Waals surface area contributed by atoms with E-state index < -0.39 is 5.91 Å². The van der Waals surface area contributed by atoms with Crippen molar-refractivity contribution in [3.05, 3.63) is 65.2 Å². The number of hydrazone groups is 1. The van der Waals surface area contributed by atoms with Crippen molar-refractivity contribution in [2.75, 3.05) is 13.2 Å². The van der Waals surface area contributed by atoms with Crippen molar-refractivity contribution in [2.45, 2.75) is 39.0 Å². The molecular weight excluding hydrogens is 460 g/mol. The van der Waals surface area contributed by atoms with Crippen LogP contribution in [0.2, 0.25) is 0 Å². The molecule has 0 radical (unpaired) electrons. The minimum absolute atomic E-state index is 0.0758. The van der Waals surface area contributed by atoms with Crippen LogP contribution in [0, 0.1) is 18.3 Å². The highest BCUT2D eigenvalue weighted by molar-refractivity contribution is 8.27. The topological polar surface area (TPSA) is 87.3 Å². The van der Waals surface area contributed by atoms with Crippen molar-refractivity contribution in [1.82, 2.24) is 5.01 Å². The summed E-state index contributed by atoms with van der Waals surface area (Å²) in [7, 11) is 0. The largest absolute Gasteiger partial charge is 0.490 e. The Labute approximate surface area is 209 Å². The van der Waals surface area contributed by atoms with Gasteiger partial charge in [-0.1, -0.05) is 49.1 Å². The summed E-state index contributed by atoms with van der Waals surface area (Å²) in [4.78, 5) is 16.9. The van der Waals surface area contributed by atoms with Crippen molar-refractivity contribution in [3.8, 4) is 11.5 Å². The summed E-state index contributed by atoms with van der Waals surface area (Å²) in [5.41, 5.74) is 2.23. The molecule has 0 unspecified atom stereocenters. The first kappa shape index (κ1) is 23.4. The molecule has 8 heteroatoms. The van der Waals surface area contributed by atoms with E-state index in [-0.39, 0.29) is 11.4 Å². The average Bonchev–Trinajstić information content (AvgIpc) is 3.31. The van der Waals surface area contributed by atoms with Crippen LogP contribution < -0.4 is 9.47 Å². The molecule has 3 aliphatic rings. The van der Waals surface area contributed by atoms with E-state index in [4.69, 9.17) is 14.9 Å². The van der Waals surface area contributed by atoms with E-state index in [1.807, 2.05) is 55.5 Å². The number of aliphatic imine (C=N–C) groups is 1. The SMILES string of the molecule is Cc1ccc(OCCOc2ccc(C=C3C(=N)N4N=C(C5CCCCC5)SC4=NC3=O)cc2)cc1. The molecule has 7 nitrogen and oxygen atoms in total. The molecule has 5 rings (SSSR count). The van der Waals surface area contributed by atoms with Crippen molar-refractivity contribution in [3.63, 3.8) is 0 Å². The second-order valence-electron chi connectivity index (χ2n) is 8.87. The summed E-state index contributed by atoms with van der Waals surface area (Å²) in [6, 6.07) is 15.3. The number of fused-ring (bicyclic) bond motifs is 1. The van der Waals surface area contributed by atoms with Gasteiger partial charge in [0.25, 0.3) is 5.91 Å². The number of rotatable bonds is 7. The Hall–Kier alpha value is -3.39. The first-order valence-corrected chi connectivity index (χ1v) is 12.8. The van der Waals surface area contributed by atoms with Crippen LogP contribution in [0.15, 0.2) is 64.2 Å². The standard InChI is InChI=1S/C27H28N4O3S/c1-18-7-11-21(12-8-18)33-15-16-34-22-13-9-19(10-14-22)17-23-24(28)31-27(29-25(23)32)35-26(30-31)20-5-3-2-4-6-20/h7-14,17,20,28H,2-6,15-16H2,1H3. The minimum Gasteiger partial charge on any atom is -0.490 e. The number of nitrogens with one attached hydrogen (secondary N) is 1. The Morgan fingerprint density at radius 1 is 1.00 bits per heavy atom. The molecule has 0 aromatic heterocycles. The van der Waals surface area contributed by atoms with Crippen molar-refractivity contribution >= 4 is 39.8 Å². The van der Waals surface area contributed by atoms with Crippen LogP contribution in [-0.4, -0.2) is 40.2 Å². The normalized spacial score (nSPS) is 19.5. The maximum atomic E-state index is 12.7. The molecule has 1 saturated carbocycles. The maximum absolute atomic E-state index is 12.7. The van der Waals surface area contributed by atoms with Gasteiger partial charge < -0.3 is 9.47 Å². The van der Waals surface area contributed by atoms with E-state index >= 15 is 0 Å². The Bertz CT molecular complexity index is 1200. The number of carbonyl (C=O) groups excluding carboxylic acids is 1. The number of hydrogen-bond acceptors (Lipinski definition) is 6. The molecule has 1 aliphatic carbocycles. The van der Waals surface area contributed by atoms with Crippen molar-refractivity contribution in [1.29, 1.82) is 5.41 Å². The number of amidine groups is 2. The van der Waals surface area contributed by atoms with Crippen LogP contribution >= 0.6 is 11.8 Å². The van der Waals surface area contributed by atoms with E-state index in [1.165, 1.54) is 41.6 Å². The average molecular weight is 489 g/mol. The molecular formula is C27H28N4O3S. The molecule has 2 aromatic carbocycles. The summed E-state index contributed by atoms with van der Waals surface area (Å²) in [6.07, 6.45) is 7.60. The summed E-state index contributed by atoms with van der Waals surface area (Å²) in [5.74, 6) is 1.61. The molecule has 0 saturated heterocycles. The molecule has 1 amide bonds. The predicted molar refractivity (Wildman–Crippen MR) is 140 cm³/mol. The number of amides is 1. The fourth-order valence-corrected chi connectivity index (χ4v) is 5.36. The van der Waals surface area contributed by atoms with E-state index in [0.717, 1.165) is 29.2 Å². The van der Waals surface area contributed by atoms with E-state index in [1.54, 1.807) is 6.08 Å². The number of benzene rings is 2. The van der Waals surface area contributed by atoms with Gasteiger partial charge in [0.2, 0.25) is 5.17 Å². The quantitative estimate of drug-likeness (QED) is 0.402. The zero-order valence-corrected chi connectivity index (χ0v) is 20.5. The maximum Gasteiger partial charge on any atom is 0.283 e. The summed E-state index contributed by atoms with van der Waals surface area (Å²) >= 11 is 1.44. The molecule has 1 fully saturated rings. The number of hydrogen-bond donors (Lipinski definition) is 1. The zero-order chi connectivity index (χ0) is 24.2. The van der Waals surface area contributed by atoms with Gasteiger partial charge in [-0.2, -0.15) is 15.1 Å². The van der Waals surface area contributed by atoms with Crippen LogP contribution in [0.4, 0.5) is 0 Å². The Morgan fingerprint density at radius 3 is 2.29 bits per heavy atom. The van der Waals surface area contributed by atoms with Gasteiger partial charge in [0.1, 0.15) is 29.8 Å². The van der Waals surface area contributed by atoms with E-state index in [0.29, 0.717) is 30.0 Å². The van der Waals surface area contributed by atoms with E-state index in [9.17, 15) is 4.79 Å². The second-order valence-corrected chi connectivity index (χ2v) is 9.86.